The largest absolute Gasteiger partial charge is 0.450 e. The molecule has 1 saturated carbocycles. The summed E-state index contributed by atoms with van der Waals surface area (Å²) in [5.41, 5.74) is 1.05. The number of piperidine rings is 1. The Hall–Kier alpha value is -0.520. The number of ether oxygens (including phenoxy) is 1. The lowest BCUT2D eigenvalue weighted by molar-refractivity contribution is -0.148. The van der Waals surface area contributed by atoms with Crippen molar-refractivity contribution < 1.29 is 9.53 Å². The summed E-state index contributed by atoms with van der Waals surface area (Å²) in [6, 6.07) is 1.04. The first-order valence-electron chi connectivity index (χ1n) is 9.71. The van der Waals surface area contributed by atoms with E-state index in [-0.39, 0.29) is 11.6 Å². The summed E-state index contributed by atoms with van der Waals surface area (Å²) in [7, 11) is 0. The fourth-order valence-corrected chi connectivity index (χ4v) is 6.82. The number of rotatable bonds is 6. The summed E-state index contributed by atoms with van der Waals surface area (Å²) in [6.07, 6.45) is 7.68. The van der Waals surface area contributed by atoms with Crippen LogP contribution in [0.2, 0.25) is 0 Å². The van der Waals surface area contributed by atoms with Crippen molar-refractivity contribution in [3.8, 4) is 0 Å². The molecular formula is C19H30N2O2S. The molecule has 0 aromatic rings. The minimum absolute atomic E-state index is 0.0926. The second-order valence-corrected chi connectivity index (χ2v) is 8.99. The summed E-state index contributed by atoms with van der Waals surface area (Å²) in [5, 5.41) is 0.623. The Labute approximate surface area is 150 Å². The zero-order valence-electron chi connectivity index (χ0n) is 15.0. The number of carbonyl (C=O) groups is 1. The Morgan fingerprint density at radius 3 is 3.00 bits per heavy atom. The smallest absolute Gasteiger partial charge is 0.331 e. The first-order valence-corrected chi connectivity index (χ1v) is 10.8. The SMILES string of the molecule is CCN(CC)CCSC1CC2=CC(=O)OC23CC1N1CCCCC13. The van der Waals surface area contributed by atoms with Gasteiger partial charge in [-0.15, -0.1) is 0 Å². The van der Waals surface area contributed by atoms with Gasteiger partial charge in [-0.1, -0.05) is 20.3 Å². The van der Waals surface area contributed by atoms with E-state index < -0.39 is 0 Å². The predicted molar refractivity (Wildman–Crippen MR) is 98.3 cm³/mol. The highest BCUT2D eigenvalue weighted by Crippen LogP contribution is 2.55. The van der Waals surface area contributed by atoms with Gasteiger partial charge in [-0.05, 0) is 44.5 Å². The molecule has 0 aromatic carbocycles. The van der Waals surface area contributed by atoms with Gasteiger partial charge in [-0.25, -0.2) is 4.79 Å². The quantitative estimate of drug-likeness (QED) is 0.688. The van der Waals surface area contributed by atoms with Crippen LogP contribution in [0.3, 0.4) is 0 Å². The highest BCUT2D eigenvalue weighted by Gasteiger charge is 2.63. The molecule has 4 unspecified atom stereocenters. The molecule has 0 aromatic heterocycles. The molecule has 2 bridgehead atoms. The Morgan fingerprint density at radius 1 is 1.38 bits per heavy atom. The Bertz CT molecular complexity index is 533. The van der Waals surface area contributed by atoms with Crippen LogP contribution in [0.1, 0.15) is 46.0 Å². The van der Waals surface area contributed by atoms with E-state index in [4.69, 9.17) is 4.74 Å². The number of carbonyl (C=O) groups excluding carboxylic acids is 1. The maximum absolute atomic E-state index is 12.0. The highest BCUT2D eigenvalue weighted by molar-refractivity contribution is 8.00. The third kappa shape index (κ3) is 2.63. The van der Waals surface area contributed by atoms with Crippen molar-refractivity contribution in [2.75, 3.05) is 31.9 Å². The van der Waals surface area contributed by atoms with Gasteiger partial charge in [0.25, 0.3) is 0 Å². The number of hydrogen-bond acceptors (Lipinski definition) is 5. The molecule has 4 aliphatic rings. The van der Waals surface area contributed by atoms with E-state index in [2.05, 4.69) is 35.4 Å². The van der Waals surface area contributed by atoms with E-state index in [1.807, 2.05) is 6.08 Å². The van der Waals surface area contributed by atoms with E-state index >= 15 is 0 Å². The van der Waals surface area contributed by atoms with Crippen LogP contribution in [0.25, 0.3) is 0 Å². The fraction of sp³-hybridized carbons (Fsp3) is 0.842. The van der Waals surface area contributed by atoms with Gasteiger partial charge >= 0.3 is 5.97 Å². The molecule has 24 heavy (non-hydrogen) atoms. The second-order valence-electron chi connectivity index (χ2n) is 7.64. The Morgan fingerprint density at radius 2 is 2.21 bits per heavy atom. The van der Waals surface area contributed by atoms with Gasteiger partial charge in [-0.2, -0.15) is 11.8 Å². The minimum Gasteiger partial charge on any atom is -0.450 e. The van der Waals surface area contributed by atoms with Crippen molar-refractivity contribution in [2.45, 2.75) is 68.9 Å². The molecule has 2 saturated heterocycles. The number of fused-ring (bicyclic) bond motifs is 3. The van der Waals surface area contributed by atoms with Crippen LogP contribution >= 0.6 is 11.8 Å². The zero-order chi connectivity index (χ0) is 16.7. The Kier molecular flexibility index (Phi) is 4.69. The summed E-state index contributed by atoms with van der Waals surface area (Å²) in [4.78, 5) is 17.2. The van der Waals surface area contributed by atoms with Gasteiger partial charge in [0.2, 0.25) is 0 Å². The predicted octanol–water partition coefficient (Wildman–Crippen LogP) is 2.68. The minimum atomic E-state index is -0.252. The molecule has 4 atom stereocenters. The van der Waals surface area contributed by atoms with E-state index in [1.165, 1.54) is 43.7 Å². The zero-order valence-corrected chi connectivity index (χ0v) is 15.8. The van der Waals surface area contributed by atoms with Crippen LogP contribution in [-0.4, -0.2) is 70.6 Å². The van der Waals surface area contributed by atoms with Crippen LogP contribution in [-0.2, 0) is 9.53 Å². The summed E-state index contributed by atoms with van der Waals surface area (Å²) < 4.78 is 5.95. The molecule has 4 nitrogen and oxygen atoms in total. The van der Waals surface area contributed by atoms with E-state index in [1.54, 1.807) is 0 Å². The molecule has 0 amide bonds. The molecule has 0 radical (unpaired) electrons. The van der Waals surface area contributed by atoms with Crippen LogP contribution in [0, 0.1) is 0 Å². The molecule has 4 rings (SSSR count). The lowest BCUT2D eigenvalue weighted by Crippen LogP contribution is -2.48. The van der Waals surface area contributed by atoms with Gasteiger partial charge in [0.05, 0.1) is 6.04 Å². The fourth-order valence-electron chi connectivity index (χ4n) is 5.38. The van der Waals surface area contributed by atoms with Gasteiger partial charge in [0.1, 0.15) is 0 Å². The number of esters is 1. The van der Waals surface area contributed by atoms with Crippen molar-refractivity contribution in [3.63, 3.8) is 0 Å². The summed E-state index contributed by atoms with van der Waals surface area (Å²) >= 11 is 2.13. The van der Waals surface area contributed by atoms with Crippen LogP contribution in [0.4, 0.5) is 0 Å². The monoisotopic (exact) mass is 350 g/mol. The van der Waals surface area contributed by atoms with Gasteiger partial charge in [-0.3, -0.25) is 4.90 Å². The average molecular weight is 351 g/mol. The third-order valence-corrected chi connectivity index (χ3v) is 7.95. The molecule has 0 N–H and O–H groups in total. The van der Waals surface area contributed by atoms with Crippen molar-refractivity contribution in [2.24, 2.45) is 0 Å². The number of nitrogens with zero attached hydrogens (tertiary/aromatic N) is 2. The molecule has 3 heterocycles. The second kappa shape index (κ2) is 6.65. The van der Waals surface area contributed by atoms with E-state index in [9.17, 15) is 4.79 Å². The Balaban J connectivity index is 1.49. The van der Waals surface area contributed by atoms with Crippen LogP contribution in [0.5, 0.6) is 0 Å². The van der Waals surface area contributed by atoms with Gasteiger partial charge in [0, 0.05) is 36.1 Å². The molecular weight excluding hydrogens is 320 g/mol. The maximum Gasteiger partial charge on any atom is 0.331 e. The molecule has 3 aliphatic heterocycles. The van der Waals surface area contributed by atoms with Crippen molar-refractivity contribution in [1.29, 1.82) is 0 Å². The molecule has 3 fully saturated rings. The summed E-state index contributed by atoms with van der Waals surface area (Å²) in [5.74, 6) is 1.10. The first kappa shape index (κ1) is 16.9. The molecule has 5 heteroatoms. The lowest BCUT2D eigenvalue weighted by atomic mass is 9.77. The number of thioether (sulfide) groups is 1. The first-order chi connectivity index (χ1) is 11.7. The molecule has 1 spiro atoms. The average Bonchev–Trinajstić information content (AvgIpc) is 3.08. The van der Waals surface area contributed by atoms with Crippen molar-refractivity contribution in [3.05, 3.63) is 11.6 Å². The molecule has 134 valence electrons. The number of hydrogen-bond donors (Lipinski definition) is 0. The van der Waals surface area contributed by atoms with E-state index in [0.29, 0.717) is 17.3 Å². The van der Waals surface area contributed by atoms with Crippen molar-refractivity contribution >= 4 is 17.7 Å². The third-order valence-electron chi connectivity index (χ3n) is 6.62. The van der Waals surface area contributed by atoms with Crippen molar-refractivity contribution in [1.82, 2.24) is 9.80 Å². The lowest BCUT2D eigenvalue weighted by Gasteiger charge is -2.38. The van der Waals surface area contributed by atoms with E-state index in [0.717, 1.165) is 25.9 Å². The molecule has 1 aliphatic carbocycles. The van der Waals surface area contributed by atoms with Gasteiger partial charge < -0.3 is 9.64 Å². The normalized spacial score (nSPS) is 38.0. The topological polar surface area (TPSA) is 32.8 Å². The van der Waals surface area contributed by atoms with Crippen LogP contribution < -0.4 is 0 Å². The standard InChI is InChI=1S/C19H30N2O2S/c1-3-20(4-2)9-10-24-16-11-14-12-18(22)23-19(14)13-15(16)21-8-6-5-7-17(19)21/h12,15-17H,3-11,13H2,1-2H3. The van der Waals surface area contributed by atoms with Crippen LogP contribution in [0.15, 0.2) is 11.6 Å². The summed E-state index contributed by atoms with van der Waals surface area (Å²) in [6.45, 7) is 9.11. The van der Waals surface area contributed by atoms with Gasteiger partial charge in [0.15, 0.2) is 5.60 Å². The maximum atomic E-state index is 12.0. The highest BCUT2D eigenvalue weighted by atomic mass is 32.2.